The third-order valence-electron chi connectivity index (χ3n) is 3.44. The molecular formula is C19H11BrClIO4. The smallest absolute Gasteiger partial charge is 0.343 e. The topological polar surface area (TPSA) is 52.6 Å². The molecule has 3 rings (SSSR count). The summed E-state index contributed by atoms with van der Waals surface area (Å²) in [7, 11) is 0. The lowest BCUT2D eigenvalue weighted by molar-refractivity contribution is -0.132. The van der Waals surface area contributed by atoms with Crippen molar-refractivity contribution in [1.29, 1.82) is 0 Å². The summed E-state index contributed by atoms with van der Waals surface area (Å²) in [5.74, 6) is 0.102. The highest BCUT2D eigenvalue weighted by atomic mass is 127. The van der Waals surface area contributed by atoms with E-state index in [1.54, 1.807) is 42.5 Å². The molecule has 0 N–H and O–H groups in total. The minimum Gasteiger partial charge on any atom is -0.424 e. The van der Waals surface area contributed by atoms with Crippen LogP contribution in [0.4, 0.5) is 0 Å². The highest BCUT2D eigenvalue weighted by Gasteiger charge is 2.22. The Labute approximate surface area is 177 Å². The van der Waals surface area contributed by atoms with Crippen LogP contribution in [-0.2, 0) is 14.3 Å². The van der Waals surface area contributed by atoms with Gasteiger partial charge in [-0.2, -0.15) is 0 Å². The first-order chi connectivity index (χ1) is 12.3. The van der Waals surface area contributed by atoms with Gasteiger partial charge in [-0.1, -0.05) is 11.6 Å². The van der Waals surface area contributed by atoms with Crippen molar-refractivity contribution < 1.29 is 19.1 Å². The van der Waals surface area contributed by atoms with Crippen LogP contribution in [0.5, 0.6) is 5.75 Å². The number of carbonyl (C=O) groups excluding carboxylic acids is 2. The summed E-state index contributed by atoms with van der Waals surface area (Å²) in [4.78, 5) is 23.3. The second kappa shape index (κ2) is 7.94. The number of benzene rings is 2. The Morgan fingerprint density at radius 3 is 2.58 bits per heavy atom. The van der Waals surface area contributed by atoms with E-state index in [0.717, 1.165) is 14.7 Å². The fourth-order valence-corrected chi connectivity index (χ4v) is 4.14. The van der Waals surface area contributed by atoms with Crippen molar-refractivity contribution in [2.45, 2.75) is 6.92 Å². The molecule has 2 aromatic carbocycles. The number of rotatable bonds is 3. The highest BCUT2D eigenvalue weighted by Crippen LogP contribution is 2.34. The zero-order chi connectivity index (χ0) is 18.8. The average molecular weight is 546 g/mol. The van der Waals surface area contributed by atoms with Gasteiger partial charge in [0.05, 0.1) is 13.6 Å². The minimum atomic E-state index is -0.426. The molecule has 4 nitrogen and oxygen atoms in total. The second-order valence-electron chi connectivity index (χ2n) is 5.41. The van der Waals surface area contributed by atoms with Gasteiger partial charge in [-0.3, -0.25) is 4.79 Å². The van der Waals surface area contributed by atoms with Gasteiger partial charge in [0.1, 0.15) is 5.76 Å². The molecule has 26 heavy (non-hydrogen) atoms. The van der Waals surface area contributed by atoms with Crippen LogP contribution in [0.15, 0.2) is 52.5 Å². The largest absolute Gasteiger partial charge is 0.424 e. The van der Waals surface area contributed by atoms with E-state index in [2.05, 4.69) is 38.5 Å². The first kappa shape index (κ1) is 19.1. The van der Waals surface area contributed by atoms with Crippen molar-refractivity contribution in [1.82, 2.24) is 0 Å². The van der Waals surface area contributed by atoms with Crippen molar-refractivity contribution in [2.24, 2.45) is 0 Å². The van der Waals surface area contributed by atoms with Crippen molar-refractivity contribution in [3.05, 3.63) is 72.2 Å². The molecule has 132 valence electrons. The molecule has 0 radical (unpaired) electrons. The zero-order valence-electron chi connectivity index (χ0n) is 13.4. The molecule has 0 fully saturated rings. The van der Waals surface area contributed by atoms with E-state index in [4.69, 9.17) is 21.1 Å². The summed E-state index contributed by atoms with van der Waals surface area (Å²) in [5, 5.41) is 0.613. The maximum atomic E-state index is 12.2. The van der Waals surface area contributed by atoms with Gasteiger partial charge in [-0.15, -0.1) is 0 Å². The molecule has 0 aliphatic carbocycles. The lowest BCUT2D eigenvalue weighted by atomic mass is 10.1. The Morgan fingerprint density at radius 2 is 1.96 bits per heavy atom. The minimum absolute atomic E-state index is 0.398. The quantitative estimate of drug-likeness (QED) is 0.218. The summed E-state index contributed by atoms with van der Waals surface area (Å²) in [6.45, 7) is 1.34. The normalized spacial score (nSPS) is 15.0. The van der Waals surface area contributed by atoms with Crippen LogP contribution in [0.2, 0.25) is 5.02 Å². The van der Waals surface area contributed by atoms with Crippen LogP contribution >= 0.6 is 50.1 Å². The summed E-state index contributed by atoms with van der Waals surface area (Å²) < 4.78 is 11.9. The molecule has 2 aromatic rings. The van der Waals surface area contributed by atoms with Crippen molar-refractivity contribution in [3.63, 3.8) is 0 Å². The van der Waals surface area contributed by atoms with E-state index in [1.807, 2.05) is 6.07 Å². The monoisotopic (exact) mass is 544 g/mol. The zero-order valence-corrected chi connectivity index (χ0v) is 17.9. The molecule has 0 spiro atoms. The molecule has 0 saturated heterocycles. The first-order valence-electron chi connectivity index (χ1n) is 7.42. The van der Waals surface area contributed by atoms with Gasteiger partial charge in [-0.05, 0) is 92.6 Å². The summed E-state index contributed by atoms with van der Waals surface area (Å²) in [6, 6.07) is 10.6. The van der Waals surface area contributed by atoms with Gasteiger partial charge in [0.15, 0.2) is 5.75 Å². The van der Waals surface area contributed by atoms with Crippen molar-refractivity contribution in [3.8, 4) is 5.75 Å². The van der Waals surface area contributed by atoms with E-state index in [-0.39, 0.29) is 0 Å². The van der Waals surface area contributed by atoms with E-state index >= 15 is 0 Å². The number of halogens is 3. The Kier molecular flexibility index (Phi) is 5.84. The number of ether oxygens (including phenoxy) is 2. The SMILES string of the molecule is CC(=O)Oc1c(Br)cc(/C=C2\C=C(c3ccc(Cl)cc3)OC2=O)cc1I. The van der Waals surface area contributed by atoms with Crippen LogP contribution < -0.4 is 4.74 Å². The van der Waals surface area contributed by atoms with Gasteiger partial charge in [0, 0.05) is 17.5 Å². The fraction of sp³-hybridized carbons (Fsp3) is 0.0526. The first-order valence-corrected chi connectivity index (χ1v) is 9.67. The molecule has 0 unspecified atom stereocenters. The summed E-state index contributed by atoms with van der Waals surface area (Å²) in [6.07, 6.45) is 3.40. The molecule has 1 heterocycles. The number of carbonyl (C=O) groups is 2. The molecule has 0 aromatic heterocycles. The Hall–Kier alpha value is -1.64. The summed E-state index contributed by atoms with van der Waals surface area (Å²) in [5.41, 5.74) is 1.97. The van der Waals surface area contributed by atoms with Gasteiger partial charge in [-0.25, -0.2) is 4.79 Å². The lowest BCUT2D eigenvalue weighted by Crippen LogP contribution is -2.04. The predicted octanol–water partition coefficient (Wildman–Crippen LogP) is 5.61. The van der Waals surface area contributed by atoms with Crippen LogP contribution in [0.3, 0.4) is 0 Å². The maximum absolute atomic E-state index is 12.2. The standard InChI is InChI=1S/C19H11BrClIO4/c1-10(23)25-18-15(20)7-11(8-16(18)22)6-13-9-17(26-19(13)24)12-2-4-14(21)5-3-12/h2-9H,1H3/b13-6+. The fourth-order valence-electron chi connectivity index (χ4n) is 2.33. The van der Waals surface area contributed by atoms with E-state index in [1.165, 1.54) is 6.92 Å². The van der Waals surface area contributed by atoms with Gasteiger partial charge in [0.2, 0.25) is 0 Å². The third kappa shape index (κ3) is 4.36. The van der Waals surface area contributed by atoms with Crippen molar-refractivity contribution in [2.75, 3.05) is 0 Å². The number of esters is 2. The van der Waals surface area contributed by atoms with Crippen LogP contribution in [0.1, 0.15) is 18.1 Å². The molecule has 0 atom stereocenters. The third-order valence-corrected chi connectivity index (χ3v) is 5.08. The number of cyclic esters (lactones) is 1. The van der Waals surface area contributed by atoms with Gasteiger partial charge < -0.3 is 9.47 Å². The molecule has 7 heteroatoms. The van der Waals surface area contributed by atoms with Crippen molar-refractivity contribution >= 4 is 73.9 Å². The van der Waals surface area contributed by atoms with E-state index in [9.17, 15) is 9.59 Å². The predicted molar refractivity (Wildman–Crippen MR) is 112 cm³/mol. The van der Waals surface area contributed by atoms with Crippen LogP contribution in [-0.4, -0.2) is 11.9 Å². The van der Waals surface area contributed by atoms with E-state index in [0.29, 0.717) is 26.6 Å². The van der Waals surface area contributed by atoms with Crippen LogP contribution in [0.25, 0.3) is 11.8 Å². The molecule has 0 saturated carbocycles. The maximum Gasteiger partial charge on any atom is 0.343 e. The molecule has 1 aliphatic rings. The van der Waals surface area contributed by atoms with Gasteiger partial charge in [0.25, 0.3) is 0 Å². The Morgan fingerprint density at radius 1 is 1.27 bits per heavy atom. The van der Waals surface area contributed by atoms with Gasteiger partial charge >= 0.3 is 11.9 Å². The Bertz CT molecular complexity index is 941. The molecule has 1 aliphatic heterocycles. The average Bonchev–Trinajstić information content (AvgIpc) is 2.92. The lowest BCUT2D eigenvalue weighted by Gasteiger charge is -2.08. The second-order valence-corrected chi connectivity index (χ2v) is 7.86. The number of hydrogen-bond donors (Lipinski definition) is 0. The summed E-state index contributed by atoms with van der Waals surface area (Å²) >= 11 is 11.3. The van der Waals surface area contributed by atoms with E-state index < -0.39 is 11.9 Å². The number of hydrogen-bond acceptors (Lipinski definition) is 4. The molecular weight excluding hydrogens is 534 g/mol. The molecule has 0 amide bonds. The molecule has 0 bridgehead atoms. The Balaban J connectivity index is 1.93. The van der Waals surface area contributed by atoms with Crippen LogP contribution in [0, 0.1) is 3.57 Å². The highest BCUT2D eigenvalue weighted by molar-refractivity contribution is 14.1.